The second-order valence-electron chi connectivity index (χ2n) is 5.00. The first-order valence-corrected chi connectivity index (χ1v) is 8.22. The van der Waals surface area contributed by atoms with Crippen LogP contribution in [0.3, 0.4) is 0 Å². The first kappa shape index (κ1) is 18.9. The Morgan fingerprint density at radius 2 is 1.80 bits per heavy atom. The number of carbonyl (C=O) groups is 2. The number of alkyl halides is 3. The van der Waals surface area contributed by atoms with E-state index < -0.39 is 30.4 Å². The van der Waals surface area contributed by atoms with E-state index in [-0.39, 0.29) is 5.75 Å². The number of benzene rings is 2. The smallest absolute Gasteiger partial charge is 0.397 e. The predicted molar refractivity (Wildman–Crippen MR) is 89.1 cm³/mol. The number of anilines is 1. The first-order valence-electron chi connectivity index (χ1n) is 7.07. The molecular formula is C16H14F3NO4S. The SMILES string of the molecule is O=C(O)COc1ccc(NC(=O)CSCC(F)(F)F)c2ccccc12. The number of carboxylic acids is 1. The van der Waals surface area contributed by atoms with Crippen molar-refractivity contribution in [3.63, 3.8) is 0 Å². The van der Waals surface area contributed by atoms with E-state index in [1.54, 1.807) is 24.3 Å². The predicted octanol–water partition coefficient (Wildman–Crippen LogP) is 3.54. The molecule has 0 aliphatic heterocycles. The largest absolute Gasteiger partial charge is 0.481 e. The number of halogens is 3. The maximum Gasteiger partial charge on any atom is 0.397 e. The van der Waals surface area contributed by atoms with E-state index in [0.29, 0.717) is 34.0 Å². The monoisotopic (exact) mass is 373 g/mol. The van der Waals surface area contributed by atoms with Crippen LogP contribution in [0.2, 0.25) is 0 Å². The Labute approximate surface area is 145 Å². The highest BCUT2D eigenvalue weighted by Gasteiger charge is 2.27. The zero-order valence-corrected chi connectivity index (χ0v) is 13.6. The second kappa shape index (κ2) is 8.11. The van der Waals surface area contributed by atoms with E-state index in [9.17, 15) is 22.8 Å². The Kier molecular flexibility index (Phi) is 6.13. The van der Waals surface area contributed by atoms with Crippen LogP contribution in [-0.4, -0.2) is 41.3 Å². The molecule has 134 valence electrons. The van der Waals surface area contributed by atoms with Crippen LogP contribution in [0.25, 0.3) is 10.8 Å². The van der Waals surface area contributed by atoms with E-state index in [0.717, 1.165) is 0 Å². The molecule has 0 saturated heterocycles. The number of aliphatic carboxylic acids is 1. The Morgan fingerprint density at radius 3 is 2.44 bits per heavy atom. The van der Waals surface area contributed by atoms with Crippen molar-refractivity contribution in [2.45, 2.75) is 6.18 Å². The van der Waals surface area contributed by atoms with Gasteiger partial charge in [0, 0.05) is 16.5 Å². The number of hydrogen-bond acceptors (Lipinski definition) is 4. The van der Waals surface area contributed by atoms with Gasteiger partial charge < -0.3 is 15.2 Å². The molecule has 2 N–H and O–H groups in total. The number of carbonyl (C=O) groups excluding carboxylic acids is 1. The van der Waals surface area contributed by atoms with Crippen molar-refractivity contribution in [3.05, 3.63) is 36.4 Å². The van der Waals surface area contributed by atoms with Gasteiger partial charge in [-0.1, -0.05) is 24.3 Å². The van der Waals surface area contributed by atoms with Crippen molar-refractivity contribution in [1.82, 2.24) is 0 Å². The molecule has 0 spiro atoms. The Morgan fingerprint density at radius 1 is 1.12 bits per heavy atom. The summed E-state index contributed by atoms with van der Waals surface area (Å²) in [4.78, 5) is 22.5. The zero-order chi connectivity index (χ0) is 18.4. The number of thioether (sulfide) groups is 1. The lowest BCUT2D eigenvalue weighted by Crippen LogP contribution is -2.18. The average Bonchev–Trinajstić information content (AvgIpc) is 2.52. The number of ether oxygens (including phenoxy) is 1. The molecule has 0 aromatic heterocycles. The van der Waals surface area contributed by atoms with Crippen molar-refractivity contribution in [1.29, 1.82) is 0 Å². The fraction of sp³-hybridized carbons (Fsp3) is 0.250. The highest BCUT2D eigenvalue weighted by molar-refractivity contribution is 8.00. The van der Waals surface area contributed by atoms with E-state index in [1.807, 2.05) is 0 Å². The fourth-order valence-electron chi connectivity index (χ4n) is 2.09. The molecule has 0 saturated carbocycles. The van der Waals surface area contributed by atoms with Gasteiger partial charge >= 0.3 is 12.1 Å². The number of rotatable bonds is 7. The van der Waals surface area contributed by atoms with Crippen molar-refractivity contribution in [2.24, 2.45) is 0 Å². The standard InChI is InChI=1S/C16H14F3NO4S/c17-16(18,19)9-25-8-14(21)20-12-5-6-13(24-7-15(22)23)11-4-2-1-3-10(11)12/h1-6H,7-9H2,(H,20,21)(H,22,23). The summed E-state index contributed by atoms with van der Waals surface area (Å²) in [5, 5.41) is 12.4. The molecule has 0 unspecified atom stereocenters. The lowest BCUT2D eigenvalue weighted by molar-refractivity contribution is -0.139. The lowest BCUT2D eigenvalue weighted by atomic mass is 10.1. The highest BCUT2D eigenvalue weighted by atomic mass is 32.2. The van der Waals surface area contributed by atoms with Gasteiger partial charge in [-0.15, -0.1) is 11.8 Å². The van der Waals surface area contributed by atoms with Crippen LogP contribution in [0.1, 0.15) is 0 Å². The quantitative estimate of drug-likeness (QED) is 0.777. The maximum absolute atomic E-state index is 12.1. The molecular weight excluding hydrogens is 359 g/mol. The van der Waals surface area contributed by atoms with Gasteiger partial charge in [0.05, 0.1) is 11.5 Å². The summed E-state index contributed by atoms with van der Waals surface area (Å²) >= 11 is 0.480. The third-order valence-electron chi connectivity index (χ3n) is 3.01. The van der Waals surface area contributed by atoms with E-state index in [2.05, 4.69) is 5.32 Å². The topological polar surface area (TPSA) is 75.6 Å². The van der Waals surface area contributed by atoms with Crippen LogP contribution in [0.15, 0.2) is 36.4 Å². The molecule has 5 nitrogen and oxygen atoms in total. The molecule has 0 fully saturated rings. The second-order valence-corrected chi connectivity index (χ2v) is 5.98. The van der Waals surface area contributed by atoms with Gasteiger partial charge in [0.2, 0.25) is 5.91 Å². The van der Waals surface area contributed by atoms with Gasteiger partial charge in [-0.05, 0) is 12.1 Å². The van der Waals surface area contributed by atoms with Gasteiger partial charge in [0.15, 0.2) is 6.61 Å². The normalized spacial score (nSPS) is 11.3. The van der Waals surface area contributed by atoms with Crippen LogP contribution in [0, 0.1) is 0 Å². The summed E-state index contributed by atoms with van der Waals surface area (Å²) in [7, 11) is 0. The Bertz CT molecular complexity index is 780. The van der Waals surface area contributed by atoms with E-state index in [4.69, 9.17) is 9.84 Å². The summed E-state index contributed by atoms with van der Waals surface area (Å²) in [6, 6.07) is 9.86. The fourth-order valence-corrected chi connectivity index (χ4v) is 2.68. The molecule has 1 amide bonds. The van der Waals surface area contributed by atoms with E-state index >= 15 is 0 Å². The minimum Gasteiger partial charge on any atom is -0.481 e. The molecule has 0 radical (unpaired) electrons. The molecule has 0 atom stereocenters. The van der Waals surface area contributed by atoms with Crippen molar-refractivity contribution < 1.29 is 32.6 Å². The number of carboxylic acid groups (broad SMARTS) is 1. The van der Waals surface area contributed by atoms with E-state index in [1.165, 1.54) is 12.1 Å². The third-order valence-corrected chi connectivity index (χ3v) is 4.01. The third kappa shape index (κ3) is 5.86. The minimum atomic E-state index is -4.32. The van der Waals surface area contributed by atoms with Crippen LogP contribution in [-0.2, 0) is 9.59 Å². The number of hydrogen-bond donors (Lipinski definition) is 2. The molecule has 9 heteroatoms. The molecule has 0 aliphatic carbocycles. The summed E-state index contributed by atoms with van der Waals surface area (Å²) < 4.78 is 41.5. The molecule has 0 heterocycles. The van der Waals surface area contributed by atoms with Gasteiger partial charge in [-0.3, -0.25) is 4.79 Å². The van der Waals surface area contributed by atoms with Crippen molar-refractivity contribution in [2.75, 3.05) is 23.4 Å². The summed E-state index contributed by atoms with van der Waals surface area (Å²) in [6.45, 7) is -0.510. The Balaban J connectivity index is 2.12. The summed E-state index contributed by atoms with van der Waals surface area (Å²) in [6.07, 6.45) is -4.32. The number of fused-ring (bicyclic) bond motifs is 1. The first-order chi connectivity index (χ1) is 11.8. The lowest BCUT2D eigenvalue weighted by Gasteiger charge is -2.13. The van der Waals surface area contributed by atoms with Gasteiger partial charge in [0.1, 0.15) is 5.75 Å². The number of amides is 1. The molecule has 2 aromatic rings. The maximum atomic E-state index is 12.1. The zero-order valence-electron chi connectivity index (χ0n) is 12.8. The molecule has 0 bridgehead atoms. The van der Waals surface area contributed by atoms with Crippen LogP contribution < -0.4 is 10.1 Å². The van der Waals surface area contributed by atoms with Gasteiger partial charge in [-0.2, -0.15) is 13.2 Å². The molecule has 2 rings (SSSR count). The highest BCUT2D eigenvalue weighted by Crippen LogP contribution is 2.32. The average molecular weight is 373 g/mol. The molecule has 0 aliphatic rings. The molecule has 25 heavy (non-hydrogen) atoms. The van der Waals surface area contributed by atoms with Gasteiger partial charge in [0.25, 0.3) is 0 Å². The van der Waals surface area contributed by atoms with Crippen molar-refractivity contribution in [3.8, 4) is 5.75 Å². The van der Waals surface area contributed by atoms with Crippen LogP contribution in [0.5, 0.6) is 5.75 Å². The Hall–Kier alpha value is -2.42. The summed E-state index contributed by atoms with van der Waals surface area (Å²) in [5.74, 6) is -2.77. The summed E-state index contributed by atoms with van der Waals surface area (Å²) in [5.41, 5.74) is 0.413. The molecule has 2 aromatic carbocycles. The van der Waals surface area contributed by atoms with Gasteiger partial charge in [-0.25, -0.2) is 4.79 Å². The van der Waals surface area contributed by atoms with Crippen LogP contribution >= 0.6 is 11.8 Å². The van der Waals surface area contributed by atoms with Crippen LogP contribution in [0.4, 0.5) is 18.9 Å². The van der Waals surface area contributed by atoms with Crippen molar-refractivity contribution >= 4 is 40.1 Å². The minimum absolute atomic E-state index is 0.328. The number of nitrogens with one attached hydrogen (secondary N) is 1.